The molecule has 0 radical (unpaired) electrons. The number of aromatic nitrogens is 4. The minimum atomic E-state index is 0.311. The van der Waals surface area contributed by atoms with Crippen molar-refractivity contribution in [3.05, 3.63) is 114 Å². The first-order valence-electron chi connectivity index (χ1n) is 16.4. The van der Waals surface area contributed by atoms with Gasteiger partial charge < -0.3 is 24.8 Å². The minimum absolute atomic E-state index is 0.311. The lowest BCUT2D eigenvalue weighted by Crippen LogP contribution is -2.44. The molecule has 2 saturated heterocycles. The lowest BCUT2D eigenvalue weighted by atomic mass is 9.90. The fraction of sp³-hybridized carbons (Fsp3) is 0.351. The molecule has 5 aromatic rings. The van der Waals surface area contributed by atoms with Gasteiger partial charge in [0.15, 0.2) is 11.6 Å². The standard InChI is InChI=1S/C37H42N8O/c1-43(26-28-11-5-2-6-12-28)36-33-34(35(40-27-39-33)44-21-23-46-24-22-44)41-37(42-36)45-19-17-31(18-20-45)38-25-32(29-13-7-3-8-14-29)30-15-9-4-10-16-30/h2-16,27,31-32,38H,17-26H2,1H3. The van der Waals surface area contributed by atoms with Crippen LogP contribution >= 0.6 is 0 Å². The summed E-state index contributed by atoms with van der Waals surface area (Å²) in [5.41, 5.74) is 5.49. The van der Waals surface area contributed by atoms with Gasteiger partial charge >= 0.3 is 0 Å². The van der Waals surface area contributed by atoms with Crippen LogP contribution < -0.4 is 20.0 Å². The van der Waals surface area contributed by atoms with Crippen molar-refractivity contribution in [2.24, 2.45) is 0 Å². The summed E-state index contributed by atoms with van der Waals surface area (Å²) in [6.45, 7) is 6.31. The van der Waals surface area contributed by atoms with Crippen LogP contribution in [0.25, 0.3) is 11.0 Å². The van der Waals surface area contributed by atoms with Gasteiger partial charge in [-0.2, -0.15) is 4.98 Å². The number of benzene rings is 3. The first-order valence-corrected chi connectivity index (χ1v) is 16.4. The Labute approximate surface area is 271 Å². The van der Waals surface area contributed by atoms with Crippen LogP contribution in [0.4, 0.5) is 17.6 Å². The van der Waals surface area contributed by atoms with Gasteiger partial charge in [-0.25, -0.2) is 15.0 Å². The Morgan fingerprint density at radius 3 is 2.04 bits per heavy atom. The van der Waals surface area contributed by atoms with Crippen LogP contribution in [0.1, 0.15) is 35.4 Å². The third kappa shape index (κ3) is 6.80. The predicted octanol–water partition coefficient (Wildman–Crippen LogP) is 5.28. The zero-order chi connectivity index (χ0) is 31.1. The van der Waals surface area contributed by atoms with Crippen LogP contribution in [-0.2, 0) is 11.3 Å². The largest absolute Gasteiger partial charge is 0.378 e. The lowest BCUT2D eigenvalue weighted by molar-refractivity contribution is 0.122. The van der Waals surface area contributed by atoms with E-state index in [4.69, 9.17) is 24.7 Å². The molecule has 0 aliphatic carbocycles. The number of fused-ring (bicyclic) bond motifs is 1. The van der Waals surface area contributed by atoms with Crippen molar-refractivity contribution >= 4 is 28.6 Å². The molecule has 2 aromatic heterocycles. The normalized spacial score (nSPS) is 15.9. The van der Waals surface area contributed by atoms with E-state index in [0.29, 0.717) is 25.2 Å². The van der Waals surface area contributed by atoms with E-state index in [-0.39, 0.29) is 0 Å². The minimum Gasteiger partial charge on any atom is -0.378 e. The summed E-state index contributed by atoms with van der Waals surface area (Å²) in [6, 6.07) is 32.6. The van der Waals surface area contributed by atoms with Crippen molar-refractivity contribution in [3.8, 4) is 0 Å². The molecule has 0 spiro atoms. The Morgan fingerprint density at radius 2 is 1.39 bits per heavy atom. The highest BCUT2D eigenvalue weighted by Gasteiger charge is 2.26. The molecule has 9 heteroatoms. The zero-order valence-electron chi connectivity index (χ0n) is 26.5. The number of piperidine rings is 1. The maximum Gasteiger partial charge on any atom is 0.228 e. The summed E-state index contributed by atoms with van der Waals surface area (Å²) in [4.78, 5) is 26.6. The van der Waals surface area contributed by atoms with Gasteiger partial charge in [0.25, 0.3) is 0 Å². The van der Waals surface area contributed by atoms with Gasteiger partial charge in [0.05, 0.1) is 13.2 Å². The molecule has 46 heavy (non-hydrogen) atoms. The number of nitrogens with zero attached hydrogens (tertiary/aromatic N) is 7. The molecule has 2 aliphatic heterocycles. The third-order valence-corrected chi connectivity index (χ3v) is 9.16. The van der Waals surface area contributed by atoms with Crippen LogP contribution in [0.15, 0.2) is 97.3 Å². The molecule has 4 heterocycles. The highest BCUT2D eigenvalue weighted by atomic mass is 16.5. The van der Waals surface area contributed by atoms with Crippen LogP contribution in [-0.4, -0.2) is 79.0 Å². The molecule has 3 aromatic carbocycles. The van der Waals surface area contributed by atoms with Gasteiger partial charge in [-0.05, 0) is 29.5 Å². The smallest absolute Gasteiger partial charge is 0.228 e. The predicted molar refractivity (Wildman–Crippen MR) is 185 cm³/mol. The Kier molecular flexibility index (Phi) is 9.30. The lowest BCUT2D eigenvalue weighted by Gasteiger charge is -2.34. The fourth-order valence-corrected chi connectivity index (χ4v) is 6.62. The van der Waals surface area contributed by atoms with E-state index < -0.39 is 0 Å². The number of ether oxygens (including phenoxy) is 1. The second kappa shape index (κ2) is 14.2. The average Bonchev–Trinajstić information content (AvgIpc) is 3.13. The molecule has 7 rings (SSSR count). The number of nitrogens with one attached hydrogen (secondary N) is 1. The molecule has 0 bridgehead atoms. The number of rotatable bonds is 10. The summed E-state index contributed by atoms with van der Waals surface area (Å²) in [6.07, 6.45) is 3.69. The van der Waals surface area contributed by atoms with Crippen molar-refractivity contribution in [2.45, 2.75) is 31.3 Å². The maximum absolute atomic E-state index is 5.64. The van der Waals surface area contributed by atoms with Gasteiger partial charge in [0.1, 0.15) is 17.4 Å². The third-order valence-electron chi connectivity index (χ3n) is 9.16. The van der Waals surface area contributed by atoms with E-state index in [0.717, 1.165) is 80.7 Å². The van der Waals surface area contributed by atoms with Crippen LogP contribution in [0.3, 0.4) is 0 Å². The summed E-state index contributed by atoms with van der Waals surface area (Å²) in [5, 5.41) is 3.92. The average molecular weight is 615 g/mol. The van der Waals surface area contributed by atoms with E-state index in [1.54, 1.807) is 6.33 Å². The van der Waals surface area contributed by atoms with Gasteiger partial charge in [-0.15, -0.1) is 0 Å². The van der Waals surface area contributed by atoms with Gasteiger partial charge in [-0.1, -0.05) is 91.0 Å². The van der Waals surface area contributed by atoms with Crippen molar-refractivity contribution in [1.82, 2.24) is 25.3 Å². The Morgan fingerprint density at radius 1 is 0.761 bits per heavy atom. The van der Waals surface area contributed by atoms with Crippen LogP contribution in [0.5, 0.6) is 0 Å². The molecule has 0 saturated carbocycles. The second-order valence-electron chi connectivity index (χ2n) is 12.2. The highest BCUT2D eigenvalue weighted by Crippen LogP contribution is 2.32. The first kappa shape index (κ1) is 30.1. The monoisotopic (exact) mass is 614 g/mol. The highest BCUT2D eigenvalue weighted by molar-refractivity contribution is 5.94. The molecule has 0 atom stereocenters. The van der Waals surface area contributed by atoms with E-state index in [2.05, 4.69) is 112 Å². The van der Waals surface area contributed by atoms with Crippen LogP contribution in [0.2, 0.25) is 0 Å². The second-order valence-corrected chi connectivity index (χ2v) is 12.2. The molecule has 1 N–H and O–H groups in total. The van der Waals surface area contributed by atoms with E-state index >= 15 is 0 Å². The maximum atomic E-state index is 5.64. The van der Waals surface area contributed by atoms with E-state index in [1.807, 2.05) is 6.07 Å². The zero-order valence-corrected chi connectivity index (χ0v) is 26.5. The number of morpholine rings is 1. The SMILES string of the molecule is CN(Cc1ccccc1)c1nc(N2CCC(NCC(c3ccccc3)c3ccccc3)CC2)nc2c(N3CCOCC3)ncnc12. The number of hydrogen-bond donors (Lipinski definition) is 1. The van der Waals surface area contributed by atoms with Gasteiger partial charge in [0.2, 0.25) is 5.95 Å². The molecule has 9 nitrogen and oxygen atoms in total. The van der Waals surface area contributed by atoms with Crippen LogP contribution in [0, 0.1) is 0 Å². The Bertz CT molecular complexity index is 1650. The molecule has 0 unspecified atom stereocenters. The Balaban J connectivity index is 1.11. The molecular weight excluding hydrogens is 572 g/mol. The molecule has 2 fully saturated rings. The number of hydrogen-bond acceptors (Lipinski definition) is 9. The van der Waals surface area contributed by atoms with Gasteiger partial charge in [0, 0.05) is 58.3 Å². The molecule has 2 aliphatic rings. The van der Waals surface area contributed by atoms with E-state index in [1.165, 1.54) is 16.7 Å². The number of anilines is 3. The summed E-state index contributed by atoms with van der Waals surface area (Å²) >= 11 is 0. The summed E-state index contributed by atoms with van der Waals surface area (Å²) in [5.74, 6) is 2.74. The van der Waals surface area contributed by atoms with Crippen molar-refractivity contribution < 1.29 is 4.74 Å². The van der Waals surface area contributed by atoms with Gasteiger partial charge in [-0.3, -0.25) is 0 Å². The Hall–Kier alpha value is -4.60. The topological polar surface area (TPSA) is 82.5 Å². The van der Waals surface area contributed by atoms with E-state index in [9.17, 15) is 0 Å². The van der Waals surface area contributed by atoms with Crippen molar-refractivity contribution in [1.29, 1.82) is 0 Å². The summed E-state index contributed by atoms with van der Waals surface area (Å²) in [7, 11) is 2.08. The first-order chi connectivity index (χ1) is 22.7. The van der Waals surface area contributed by atoms with Crippen molar-refractivity contribution in [2.75, 3.05) is 67.7 Å². The summed E-state index contributed by atoms with van der Waals surface area (Å²) < 4.78 is 5.64. The fourth-order valence-electron chi connectivity index (χ4n) is 6.62. The quantitative estimate of drug-likeness (QED) is 0.226. The van der Waals surface area contributed by atoms with Crippen molar-refractivity contribution in [3.63, 3.8) is 0 Å². The molecule has 0 amide bonds. The molecule has 236 valence electrons. The molecular formula is C37H42N8O.